The number of nitrogens with zero attached hydrogens (tertiary/aromatic N) is 4. The standard InChI is InChI=1S/C20H27FN4O3/c1-5-27-17-12-19(28-6-2)24-23-16(17)13-25(11-10-14(3)4)20(26)15-8-7-9-18(21)22-15/h7-9,12,14H,5-6,10-11,13H2,1-4H3. The average molecular weight is 390 g/mol. The molecule has 152 valence electrons. The van der Waals surface area contributed by atoms with Crippen molar-refractivity contribution in [3.05, 3.63) is 41.6 Å². The van der Waals surface area contributed by atoms with Gasteiger partial charge in [-0.2, -0.15) is 4.39 Å². The van der Waals surface area contributed by atoms with Crippen molar-refractivity contribution >= 4 is 5.91 Å². The van der Waals surface area contributed by atoms with Crippen molar-refractivity contribution < 1.29 is 18.7 Å². The van der Waals surface area contributed by atoms with E-state index in [1.54, 1.807) is 11.0 Å². The molecule has 7 nitrogen and oxygen atoms in total. The number of rotatable bonds is 10. The quantitative estimate of drug-likeness (QED) is 0.578. The van der Waals surface area contributed by atoms with E-state index in [0.29, 0.717) is 43.0 Å². The number of hydrogen-bond acceptors (Lipinski definition) is 6. The molecule has 2 aromatic rings. The minimum Gasteiger partial charge on any atom is -0.492 e. The molecule has 2 rings (SSSR count). The third kappa shape index (κ3) is 6.14. The summed E-state index contributed by atoms with van der Waals surface area (Å²) in [6.45, 7) is 9.43. The van der Waals surface area contributed by atoms with Gasteiger partial charge >= 0.3 is 0 Å². The number of hydrogen-bond donors (Lipinski definition) is 0. The van der Waals surface area contributed by atoms with Crippen molar-refractivity contribution in [3.63, 3.8) is 0 Å². The van der Waals surface area contributed by atoms with Crippen LogP contribution in [0.25, 0.3) is 0 Å². The summed E-state index contributed by atoms with van der Waals surface area (Å²) in [4.78, 5) is 18.2. The van der Waals surface area contributed by atoms with Crippen molar-refractivity contribution in [3.8, 4) is 11.6 Å². The predicted octanol–water partition coefficient (Wildman–Crippen LogP) is 3.50. The van der Waals surface area contributed by atoms with Gasteiger partial charge in [-0.25, -0.2) is 4.98 Å². The van der Waals surface area contributed by atoms with Gasteiger partial charge in [0.25, 0.3) is 5.91 Å². The Hall–Kier alpha value is -2.77. The summed E-state index contributed by atoms with van der Waals surface area (Å²) < 4.78 is 24.5. The van der Waals surface area contributed by atoms with Gasteiger partial charge in [-0.15, -0.1) is 10.2 Å². The van der Waals surface area contributed by atoms with Gasteiger partial charge < -0.3 is 14.4 Å². The molecule has 0 spiro atoms. The highest BCUT2D eigenvalue weighted by Gasteiger charge is 2.21. The first-order valence-electron chi connectivity index (χ1n) is 9.48. The first-order valence-corrected chi connectivity index (χ1v) is 9.48. The van der Waals surface area contributed by atoms with Gasteiger partial charge in [0.2, 0.25) is 11.8 Å². The van der Waals surface area contributed by atoms with Crippen molar-refractivity contribution in [1.29, 1.82) is 0 Å². The molecule has 1 amide bonds. The summed E-state index contributed by atoms with van der Waals surface area (Å²) in [5.74, 6) is 0.217. The highest BCUT2D eigenvalue weighted by atomic mass is 19.1. The Morgan fingerprint density at radius 3 is 2.57 bits per heavy atom. The fourth-order valence-electron chi connectivity index (χ4n) is 2.53. The molecule has 0 aliphatic carbocycles. The smallest absolute Gasteiger partial charge is 0.272 e. The van der Waals surface area contributed by atoms with E-state index in [4.69, 9.17) is 9.47 Å². The molecule has 0 aromatic carbocycles. The van der Waals surface area contributed by atoms with Gasteiger partial charge in [-0.05, 0) is 38.3 Å². The highest BCUT2D eigenvalue weighted by molar-refractivity contribution is 5.92. The summed E-state index contributed by atoms with van der Waals surface area (Å²) in [6, 6.07) is 5.85. The van der Waals surface area contributed by atoms with E-state index in [1.165, 1.54) is 18.2 Å². The molecule has 0 unspecified atom stereocenters. The Morgan fingerprint density at radius 2 is 1.93 bits per heavy atom. The number of halogens is 1. The van der Waals surface area contributed by atoms with Crippen LogP contribution in [0.15, 0.2) is 24.3 Å². The molecule has 28 heavy (non-hydrogen) atoms. The third-order valence-electron chi connectivity index (χ3n) is 3.94. The highest BCUT2D eigenvalue weighted by Crippen LogP contribution is 2.23. The summed E-state index contributed by atoms with van der Waals surface area (Å²) in [5, 5.41) is 8.23. The van der Waals surface area contributed by atoms with E-state index < -0.39 is 5.95 Å². The van der Waals surface area contributed by atoms with E-state index in [9.17, 15) is 9.18 Å². The molecule has 2 aromatic heterocycles. The Bertz CT molecular complexity index is 786. The first kappa shape index (κ1) is 21.5. The lowest BCUT2D eigenvalue weighted by atomic mass is 10.1. The third-order valence-corrected chi connectivity index (χ3v) is 3.94. The van der Waals surface area contributed by atoms with Crippen LogP contribution in [0.2, 0.25) is 0 Å². The fraction of sp³-hybridized carbons (Fsp3) is 0.500. The Balaban J connectivity index is 2.30. The van der Waals surface area contributed by atoms with Crippen LogP contribution in [0.1, 0.15) is 50.3 Å². The monoisotopic (exact) mass is 390 g/mol. The lowest BCUT2D eigenvalue weighted by Crippen LogP contribution is -2.33. The minimum atomic E-state index is -0.689. The predicted molar refractivity (Wildman–Crippen MR) is 103 cm³/mol. The van der Waals surface area contributed by atoms with Crippen molar-refractivity contribution in [2.24, 2.45) is 5.92 Å². The van der Waals surface area contributed by atoms with Gasteiger partial charge in [0.15, 0.2) is 0 Å². The molecule has 0 aliphatic rings. The Labute approximate surface area is 164 Å². The van der Waals surface area contributed by atoms with E-state index in [-0.39, 0.29) is 18.1 Å². The molecule has 0 radical (unpaired) electrons. The molecule has 0 fully saturated rings. The van der Waals surface area contributed by atoms with E-state index in [1.807, 2.05) is 13.8 Å². The minimum absolute atomic E-state index is 0.0561. The Morgan fingerprint density at radius 1 is 1.18 bits per heavy atom. The lowest BCUT2D eigenvalue weighted by molar-refractivity contribution is 0.0724. The van der Waals surface area contributed by atoms with Crippen LogP contribution in [0.5, 0.6) is 11.6 Å². The van der Waals surface area contributed by atoms with E-state index >= 15 is 0 Å². The number of carbonyl (C=O) groups is 1. The number of carbonyl (C=O) groups excluding carboxylic acids is 1. The zero-order valence-corrected chi connectivity index (χ0v) is 16.8. The van der Waals surface area contributed by atoms with Crippen molar-refractivity contribution in [2.75, 3.05) is 19.8 Å². The molecule has 0 saturated carbocycles. The SMILES string of the molecule is CCOc1cc(OCC)c(CN(CCC(C)C)C(=O)c2cccc(F)n2)nn1. The molecule has 0 aliphatic heterocycles. The lowest BCUT2D eigenvalue weighted by Gasteiger charge is -2.24. The van der Waals surface area contributed by atoms with Crippen LogP contribution in [0.3, 0.4) is 0 Å². The van der Waals surface area contributed by atoms with Crippen LogP contribution in [0, 0.1) is 11.9 Å². The molecule has 0 saturated heterocycles. The molecule has 0 bridgehead atoms. The van der Waals surface area contributed by atoms with Gasteiger partial charge in [0, 0.05) is 12.6 Å². The van der Waals surface area contributed by atoms with Gasteiger partial charge in [-0.3, -0.25) is 4.79 Å². The molecule has 0 atom stereocenters. The summed E-state index contributed by atoms with van der Waals surface area (Å²) in [7, 11) is 0. The zero-order chi connectivity index (χ0) is 20.5. The maximum atomic E-state index is 13.5. The van der Waals surface area contributed by atoms with Crippen LogP contribution in [-0.2, 0) is 6.54 Å². The van der Waals surface area contributed by atoms with Crippen LogP contribution >= 0.6 is 0 Å². The topological polar surface area (TPSA) is 77.4 Å². The second kappa shape index (κ2) is 10.5. The second-order valence-electron chi connectivity index (χ2n) is 6.61. The first-order chi connectivity index (χ1) is 13.4. The van der Waals surface area contributed by atoms with Crippen molar-refractivity contribution in [1.82, 2.24) is 20.1 Å². The molecular formula is C20H27FN4O3. The van der Waals surface area contributed by atoms with Crippen LogP contribution in [0.4, 0.5) is 4.39 Å². The number of ether oxygens (including phenoxy) is 2. The summed E-state index contributed by atoms with van der Waals surface area (Å²) in [6.07, 6.45) is 0.787. The van der Waals surface area contributed by atoms with Crippen molar-refractivity contribution in [2.45, 2.75) is 40.7 Å². The molecular weight excluding hydrogens is 363 g/mol. The fourth-order valence-corrected chi connectivity index (χ4v) is 2.53. The number of amides is 1. The van der Waals surface area contributed by atoms with Crippen LogP contribution in [-0.4, -0.2) is 45.7 Å². The van der Waals surface area contributed by atoms with E-state index in [0.717, 1.165) is 6.42 Å². The maximum Gasteiger partial charge on any atom is 0.272 e. The van der Waals surface area contributed by atoms with Gasteiger partial charge in [0.05, 0.1) is 19.8 Å². The Kier molecular flexibility index (Phi) is 8.10. The largest absolute Gasteiger partial charge is 0.492 e. The van der Waals surface area contributed by atoms with Crippen LogP contribution < -0.4 is 9.47 Å². The maximum absolute atomic E-state index is 13.5. The second-order valence-corrected chi connectivity index (χ2v) is 6.61. The summed E-state index contributed by atoms with van der Waals surface area (Å²) >= 11 is 0. The number of pyridine rings is 1. The molecule has 2 heterocycles. The van der Waals surface area contributed by atoms with E-state index in [2.05, 4.69) is 29.0 Å². The number of aromatic nitrogens is 3. The normalized spacial score (nSPS) is 10.8. The average Bonchev–Trinajstić information content (AvgIpc) is 2.66. The molecule has 8 heteroatoms. The summed E-state index contributed by atoms with van der Waals surface area (Å²) in [5.41, 5.74) is 0.569. The van der Waals surface area contributed by atoms with Gasteiger partial charge in [0.1, 0.15) is 17.1 Å². The zero-order valence-electron chi connectivity index (χ0n) is 16.8. The molecule has 0 N–H and O–H groups in total. The van der Waals surface area contributed by atoms with Gasteiger partial charge in [-0.1, -0.05) is 19.9 Å².